The van der Waals surface area contributed by atoms with E-state index in [2.05, 4.69) is 19.9 Å². The van der Waals surface area contributed by atoms with E-state index in [1.54, 1.807) is 0 Å². The maximum Gasteiger partial charge on any atom is 0.223 e. The van der Waals surface area contributed by atoms with Crippen LogP contribution in [0.4, 0.5) is 0 Å². The van der Waals surface area contributed by atoms with Gasteiger partial charge in [-0.2, -0.15) is 0 Å². The average molecular weight is 210 g/mol. The van der Waals surface area contributed by atoms with Gasteiger partial charge in [0.1, 0.15) is 0 Å². The van der Waals surface area contributed by atoms with Gasteiger partial charge in [0.2, 0.25) is 5.91 Å². The van der Waals surface area contributed by atoms with Crippen molar-refractivity contribution in [2.24, 2.45) is 11.7 Å². The van der Waals surface area contributed by atoms with Crippen molar-refractivity contribution in [1.29, 1.82) is 0 Å². The largest absolute Gasteiger partial charge is 0.339 e. The van der Waals surface area contributed by atoms with Crippen LogP contribution in [0.3, 0.4) is 0 Å². The highest BCUT2D eigenvalue weighted by Crippen LogP contribution is 2.14. The number of nitrogens with two attached hydrogens (primary N) is 1. The molecule has 0 spiro atoms. The zero-order valence-electron chi connectivity index (χ0n) is 9.83. The molecule has 86 valence electrons. The number of amides is 1. The fraction of sp³-hybridized carbons (Fsp3) is 0.750. The third-order valence-electron chi connectivity index (χ3n) is 3.16. The monoisotopic (exact) mass is 210 g/mol. The van der Waals surface area contributed by atoms with Crippen LogP contribution in [0.2, 0.25) is 0 Å². The number of nitrogens with zero attached hydrogens (tertiary/aromatic N) is 1. The van der Waals surface area contributed by atoms with Crippen molar-refractivity contribution < 1.29 is 4.79 Å². The molecule has 0 aliphatic carbocycles. The zero-order chi connectivity index (χ0) is 11.3. The van der Waals surface area contributed by atoms with E-state index in [9.17, 15) is 4.79 Å². The highest BCUT2D eigenvalue weighted by atomic mass is 16.2. The first-order valence-electron chi connectivity index (χ1n) is 5.80. The normalized spacial score (nSPS) is 18.6. The molecule has 0 bridgehead atoms. The van der Waals surface area contributed by atoms with Crippen LogP contribution >= 0.6 is 0 Å². The van der Waals surface area contributed by atoms with Crippen molar-refractivity contribution in [2.45, 2.75) is 33.1 Å². The second-order valence-electron chi connectivity index (χ2n) is 4.35. The highest BCUT2D eigenvalue weighted by molar-refractivity contribution is 5.76. The van der Waals surface area contributed by atoms with Gasteiger partial charge in [0.05, 0.1) is 0 Å². The Kier molecular flexibility index (Phi) is 4.82. The van der Waals surface area contributed by atoms with Crippen LogP contribution in [0.15, 0.2) is 11.6 Å². The number of carbonyl (C=O) groups is 1. The quantitative estimate of drug-likeness (QED) is 0.715. The van der Waals surface area contributed by atoms with Gasteiger partial charge in [-0.25, -0.2) is 0 Å². The van der Waals surface area contributed by atoms with E-state index in [1.165, 1.54) is 5.57 Å². The minimum atomic E-state index is 0.260. The first-order valence-corrected chi connectivity index (χ1v) is 5.80. The van der Waals surface area contributed by atoms with Gasteiger partial charge in [0.25, 0.3) is 0 Å². The molecule has 1 aliphatic heterocycles. The Morgan fingerprint density at radius 2 is 2.40 bits per heavy atom. The van der Waals surface area contributed by atoms with Crippen LogP contribution in [0.1, 0.15) is 33.1 Å². The molecule has 0 aromatic heterocycles. The predicted molar refractivity (Wildman–Crippen MR) is 62.4 cm³/mol. The summed E-state index contributed by atoms with van der Waals surface area (Å²) in [4.78, 5) is 13.8. The van der Waals surface area contributed by atoms with Crippen LogP contribution in [0.5, 0.6) is 0 Å². The van der Waals surface area contributed by atoms with Crippen molar-refractivity contribution in [3.63, 3.8) is 0 Å². The molecule has 1 atom stereocenters. The van der Waals surface area contributed by atoms with Gasteiger partial charge in [-0.05, 0) is 25.8 Å². The topological polar surface area (TPSA) is 46.3 Å². The summed E-state index contributed by atoms with van der Waals surface area (Å²) in [6.07, 6.45) is 4.76. The molecule has 15 heavy (non-hydrogen) atoms. The molecular formula is C12H22N2O. The van der Waals surface area contributed by atoms with Crippen LogP contribution in [0, 0.1) is 5.92 Å². The van der Waals surface area contributed by atoms with Crippen molar-refractivity contribution in [3.05, 3.63) is 11.6 Å². The molecule has 2 N–H and O–H groups in total. The molecule has 0 saturated heterocycles. The van der Waals surface area contributed by atoms with Crippen LogP contribution < -0.4 is 5.73 Å². The molecule has 3 heteroatoms. The van der Waals surface area contributed by atoms with E-state index < -0.39 is 0 Å². The van der Waals surface area contributed by atoms with Crippen molar-refractivity contribution in [3.8, 4) is 0 Å². The lowest BCUT2D eigenvalue weighted by Crippen LogP contribution is -2.36. The van der Waals surface area contributed by atoms with Crippen LogP contribution in [0.25, 0.3) is 0 Å². The fourth-order valence-corrected chi connectivity index (χ4v) is 1.77. The molecule has 0 fully saturated rings. The molecule has 0 aromatic rings. The number of hydrogen-bond donors (Lipinski definition) is 1. The molecule has 1 amide bonds. The van der Waals surface area contributed by atoms with Crippen molar-refractivity contribution in [2.75, 3.05) is 19.6 Å². The van der Waals surface area contributed by atoms with E-state index in [1.807, 2.05) is 4.90 Å². The SMILES string of the molecule is CCC(CN)CC(=O)N1CC=C(C)CC1. The second kappa shape index (κ2) is 5.91. The Balaban J connectivity index is 2.41. The summed E-state index contributed by atoms with van der Waals surface area (Å²) in [5.41, 5.74) is 6.99. The van der Waals surface area contributed by atoms with E-state index in [0.717, 1.165) is 25.9 Å². The lowest BCUT2D eigenvalue weighted by molar-refractivity contribution is -0.131. The number of carbonyl (C=O) groups excluding carboxylic acids is 1. The van der Waals surface area contributed by atoms with Gasteiger partial charge in [0, 0.05) is 19.5 Å². The van der Waals surface area contributed by atoms with E-state index in [4.69, 9.17) is 5.73 Å². The maximum atomic E-state index is 11.9. The van der Waals surface area contributed by atoms with Gasteiger partial charge < -0.3 is 10.6 Å². The summed E-state index contributed by atoms with van der Waals surface area (Å²) in [5, 5.41) is 0. The highest BCUT2D eigenvalue weighted by Gasteiger charge is 2.18. The number of rotatable bonds is 4. The summed E-state index contributed by atoms with van der Waals surface area (Å²) in [5.74, 6) is 0.612. The molecule has 3 nitrogen and oxygen atoms in total. The first-order chi connectivity index (χ1) is 7.17. The maximum absolute atomic E-state index is 11.9. The summed E-state index contributed by atoms with van der Waals surface area (Å²) >= 11 is 0. The molecule has 0 aromatic carbocycles. The molecular weight excluding hydrogens is 188 g/mol. The molecule has 1 rings (SSSR count). The van der Waals surface area contributed by atoms with Crippen molar-refractivity contribution >= 4 is 5.91 Å². The smallest absolute Gasteiger partial charge is 0.223 e. The molecule has 1 aliphatic rings. The molecule has 0 radical (unpaired) electrons. The van der Waals surface area contributed by atoms with E-state index in [0.29, 0.717) is 18.9 Å². The van der Waals surface area contributed by atoms with Crippen LogP contribution in [-0.2, 0) is 4.79 Å². The standard InChI is InChI=1S/C12H22N2O/c1-3-11(9-13)8-12(15)14-6-4-10(2)5-7-14/h4,11H,3,5-9,13H2,1-2H3. The Hall–Kier alpha value is -0.830. The van der Waals surface area contributed by atoms with Crippen molar-refractivity contribution in [1.82, 2.24) is 4.90 Å². The second-order valence-corrected chi connectivity index (χ2v) is 4.35. The van der Waals surface area contributed by atoms with Gasteiger partial charge in [-0.3, -0.25) is 4.79 Å². The Morgan fingerprint density at radius 3 is 2.87 bits per heavy atom. The van der Waals surface area contributed by atoms with E-state index >= 15 is 0 Å². The molecule has 1 heterocycles. The average Bonchev–Trinajstić information content (AvgIpc) is 2.26. The lowest BCUT2D eigenvalue weighted by atomic mass is 10.0. The summed E-state index contributed by atoms with van der Waals surface area (Å²) < 4.78 is 0. The Morgan fingerprint density at radius 1 is 1.67 bits per heavy atom. The minimum absolute atomic E-state index is 0.260. The third-order valence-corrected chi connectivity index (χ3v) is 3.16. The number of hydrogen-bond acceptors (Lipinski definition) is 2. The summed E-state index contributed by atoms with van der Waals surface area (Å²) in [6, 6.07) is 0. The molecule has 1 unspecified atom stereocenters. The summed E-state index contributed by atoms with van der Waals surface area (Å²) in [6.45, 7) is 6.49. The Labute approximate surface area is 92.3 Å². The first kappa shape index (κ1) is 12.2. The van der Waals surface area contributed by atoms with E-state index in [-0.39, 0.29) is 5.91 Å². The third kappa shape index (κ3) is 3.67. The van der Waals surface area contributed by atoms with Gasteiger partial charge in [-0.15, -0.1) is 0 Å². The van der Waals surface area contributed by atoms with Crippen LogP contribution in [-0.4, -0.2) is 30.4 Å². The molecule has 0 saturated carbocycles. The predicted octanol–water partition coefficient (Wildman–Crippen LogP) is 1.54. The van der Waals surface area contributed by atoms with Gasteiger partial charge >= 0.3 is 0 Å². The lowest BCUT2D eigenvalue weighted by Gasteiger charge is -2.27. The zero-order valence-corrected chi connectivity index (χ0v) is 9.83. The van der Waals surface area contributed by atoms with Gasteiger partial charge in [-0.1, -0.05) is 25.0 Å². The summed E-state index contributed by atoms with van der Waals surface area (Å²) in [7, 11) is 0. The van der Waals surface area contributed by atoms with Gasteiger partial charge in [0.15, 0.2) is 0 Å². The minimum Gasteiger partial charge on any atom is -0.339 e. The Bertz CT molecular complexity index is 244. The fourth-order valence-electron chi connectivity index (χ4n) is 1.77.